The van der Waals surface area contributed by atoms with E-state index in [0.29, 0.717) is 24.7 Å². The minimum absolute atomic E-state index is 0. The number of likely N-dealkylation sites (tertiary alicyclic amines) is 1. The molecule has 0 aliphatic carbocycles. The zero-order valence-corrected chi connectivity index (χ0v) is 13.7. The molecule has 0 aromatic carbocycles. The third kappa shape index (κ3) is 4.99. The van der Waals surface area contributed by atoms with E-state index in [2.05, 4.69) is 25.4 Å². The van der Waals surface area contributed by atoms with E-state index in [1.807, 2.05) is 0 Å². The van der Waals surface area contributed by atoms with Gasteiger partial charge in [0.25, 0.3) is 5.91 Å². The van der Waals surface area contributed by atoms with Gasteiger partial charge in [0.2, 0.25) is 0 Å². The van der Waals surface area contributed by atoms with Crippen molar-refractivity contribution in [1.29, 1.82) is 0 Å². The molecule has 1 aliphatic rings. The molecule has 1 aliphatic heterocycles. The molecule has 1 saturated heterocycles. The normalized spacial score (nSPS) is 15.6. The Balaban J connectivity index is 0.00000200. The first-order chi connectivity index (χ1) is 9.27. The monoisotopic (exact) mass is 392 g/mol. The van der Waals surface area contributed by atoms with Crippen molar-refractivity contribution in [1.82, 2.24) is 20.4 Å². The van der Waals surface area contributed by atoms with Gasteiger partial charge in [-0.05, 0) is 25.3 Å². The minimum atomic E-state index is -0.177. The molecule has 0 saturated carbocycles. The van der Waals surface area contributed by atoms with Gasteiger partial charge in [-0.3, -0.25) is 14.9 Å². The van der Waals surface area contributed by atoms with E-state index in [0.717, 1.165) is 13.1 Å². The number of hydrogen-bond acceptors (Lipinski definition) is 3. The Morgan fingerprint density at radius 3 is 2.85 bits per heavy atom. The summed E-state index contributed by atoms with van der Waals surface area (Å²) in [5.74, 6) is 0.403. The molecule has 0 spiro atoms. The van der Waals surface area contributed by atoms with Crippen molar-refractivity contribution in [3.63, 3.8) is 0 Å². The van der Waals surface area contributed by atoms with Crippen molar-refractivity contribution in [3.05, 3.63) is 18.0 Å². The number of halogens is 1. The largest absolute Gasteiger partial charge is 0.370 e. The number of nitrogens with one attached hydrogen (secondary N) is 2. The van der Waals surface area contributed by atoms with Gasteiger partial charge < -0.3 is 16.0 Å². The summed E-state index contributed by atoms with van der Waals surface area (Å²) in [5.41, 5.74) is 6.36. The van der Waals surface area contributed by atoms with Crippen LogP contribution in [-0.4, -0.2) is 53.1 Å². The number of carbonyl (C=O) groups excluding carboxylic acids is 1. The van der Waals surface area contributed by atoms with Gasteiger partial charge >= 0.3 is 0 Å². The fourth-order valence-electron chi connectivity index (χ4n) is 2.04. The molecule has 1 amide bonds. The predicted molar refractivity (Wildman–Crippen MR) is 88.2 cm³/mol. The highest BCUT2D eigenvalue weighted by molar-refractivity contribution is 14.0. The summed E-state index contributed by atoms with van der Waals surface area (Å²) < 4.78 is 0. The molecule has 0 radical (unpaired) electrons. The zero-order chi connectivity index (χ0) is 13.5. The van der Waals surface area contributed by atoms with Crippen molar-refractivity contribution in [2.24, 2.45) is 10.7 Å². The first kappa shape index (κ1) is 16.7. The maximum atomic E-state index is 11.6. The number of piperidine rings is 1. The predicted octanol–water partition coefficient (Wildman–Crippen LogP) is 0.558. The van der Waals surface area contributed by atoms with E-state index in [1.54, 1.807) is 12.3 Å². The van der Waals surface area contributed by atoms with Crippen LogP contribution in [0.15, 0.2) is 17.3 Å². The number of carbonyl (C=O) groups is 1. The number of aromatic nitrogens is 2. The molecule has 0 bridgehead atoms. The second kappa shape index (κ2) is 8.77. The van der Waals surface area contributed by atoms with Crippen LogP contribution in [0, 0.1) is 0 Å². The van der Waals surface area contributed by atoms with E-state index >= 15 is 0 Å². The Kier molecular flexibility index (Phi) is 7.34. The highest BCUT2D eigenvalue weighted by Crippen LogP contribution is 2.07. The standard InChI is InChI=1S/C12H20N6O.HI/c13-12(18-8-2-1-3-9-18)15-7-6-14-11(19)10-4-5-16-17-10;/h4-5H,1-3,6-9H2,(H2,13,15)(H,14,19)(H,16,17);1H. The molecule has 0 unspecified atom stereocenters. The molecule has 1 aromatic heterocycles. The Morgan fingerprint density at radius 1 is 1.45 bits per heavy atom. The van der Waals surface area contributed by atoms with Gasteiger partial charge in [0.05, 0.1) is 6.54 Å². The lowest BCUT2D eigenvalue weighted by Crippen LogP contribution is -2.41. The summed E-state index contributed by atoms with van der Waals surface area (Å²) >= 11 is 0. The molecule has 2 heterocycles. The van der Waals surface area contributed by atoms with E-state index in [-0.39, 0.29) is 29.9 Å². The van der Waals surface area contributed by atoms with Crippen LogP contribution in [0.25, 0.3) is 0 Å². The number of nitrogens with zero attached hydrogens (tertiary/aromatic N) is 3. The lowest BCUT2D eigenvalue weighted by Gasteiger charge is -2.27. The highest BCUT2D eigenvalue weighted by atomic mass is 127. The molecule has 0 atom stereocenters. The van der Waals surface area contributed by atoms with Crippen LogP contribution in [0.2, 0.25) is 0 Å². The van der Waals surface area contributed by atoms with E-state index in [1.165, 1.54) is 19.3 Å². The van der Waals surface area contributed by atoms with Crippen LogP contribution in [0.5, 0.6) is 0 Å². The molecular weight excluding hydrogens is 371 g/mol. The van der Waals surface area contributed by atoms with Crippen molar-refractivity contribution >= 4 is 35.8 Å². The summed E-state index contributed by atoms with van der Waals surface area (Å²) in [6.07, 6.45) is 5.16. The second-order valence-corrected chi connectivity index (χ2v) is 4.51. The maximum Gasteiger partial charge on any atom is 0.269 e. The quantitative estimate of drug-likeness (QED) is 0.302. The number of aromatic amines is 1. The topological polar surface area (TPSA) is 99.4 Å². The van der Waals surface area contributed by atoms with Crippen LogP contribution >= 0.6 is 24.0 Å². The number of hydrogen-bond donors (Lipinski definition) is 3. The van der Waals surface area contributed by atoms with E-state index < -0.39 is 0 Å². The molecule has 8 heteroatoms. The molecular formula is C12H21IN6O. The van der Waals surface area contributed by atoms with Gasteiger partial charge in [0, 0.05) is 25.8 Å². The van der Waals surface area contributed by atoms with Crippen LogP contribution in [-0.2, 0) is 0 Å². The molecule has 7 nitrogen and oxygen atoms in total. The van der Waals surface area contributed by atoms with Crippen LogP contribution in [0.3, 0.4) is 0 Å². The van der Waals surface area contributed by atoms with Crippen LogP contribution in [0.1, 0.15) is 29.8 Å². The number of guanidine groups is 1. The molecule has 2 rings (SSSR count). The highest BCUT2D eigenvalue weighted by Gasteiger charge is 2.11. The SMILES string of the molecule is I.NC(=NCCNC(=O)c1ccn[nH]1)N1CCCCC1. The molecule has 1 aromatic rings. The lowest BCUT2D eigenvalue weighted by molar-refractivity contribution is 0.0950. The van der Waals surface area contributed by atoms with Crippen LogP contribution in [0.4, 0.5) is 0 Å². The Bertz CT molecular complexity index is 427. The minimum Gasteiger partial charge on any atom is -0.370 e. The number of amides is 1. The maximum absolute atomic E-state index is 11.6. The third-order valence-corrected chi connectivity index (χ3v) is 3.10. The Morgan fingerprint density at radius 2 is 2.20 bits per heavy atom. The molecule has 112 valence electrons. The number of nitrogens with two attached hydrogens (primary N) is 1. The first-order valence-electron chi connectivity index (χ1n) is 6.60. The fourth-order valence-corrected chi connectivity index (χ4v) is 2.04. The van der Waals surface area contributed by atoms with Crippen molar-refractivity contribution in [2.75, 3.05) is 26.2 Å². The lowest BCUT2D eigenvalue weighted by atomic mass is 10.1. The molecule has 4 N–H and O–H groups in total. The van der Waals surface area contributed by atoms with Crippen LogP contribution < -0.4 is 11.1 Å². The number of aliphatic imine (C=N–C) groups is 1. The van der Waals surface area contributed by atoms with Gasteiger partial charge in [0.15, 0.2) is 5.96 Å². The summed E-state index contributed by atoms with van der Waals surface area (Å²) in [6.45, 7) is 2.92. The van der Waals surface area contributed by atoms with E-state index in [9.17, 15) is 4.79 Å². The fraction of sp³-hybridized carbons (Fsp3) is 0.583. The van der Waals surface area contributed by atoms with Gasteiger partial charge in [-0.2, -0.15) is 5.10 Å². The Labute approximate surface area is 135 Å². The van der Waals surface area contributed by atoms with Gasteiger partial charge in [-0.15, -0.1) is 24.0 Å². The summed E-state index contributed by atoms with van der Waals surface area (Å²) in [6, 6.07) is 1.63. The van der Waals surface area contributed by atoms with Gasteiger partial charge in [-0.1, -0.05) is 0 Å². The molecule has 1 fully saturated rings. The van der Waals surface area contributed by atoms with Crippen molar-refractivity contribution < 1.29 is 4.79 Å². The number of rotatable bonds is 4. The Hall–Kier alpha value is -1.32. The first-order valence-corrected chi connectivity index (χ1v) is 6.60. The average Bonchev–Trinajstić information content (AvgIpc) is 2.98. The van der Waals surface area contributed by atoms with Gasteiger partial charge in [-0.25, -0.2) is 0 Å². The zero-order valence-electron chi connectivity index (χ0n) is 11.3. The molecule has 20 heavy (non-hydrogen) atoms. The second-order valence-electron chi connectivity index (χ2n) is 4.51. The summed E-state index contributed by atoms with van der Waals surface area (Å²) in [4.78, 5) is 18.0. The number of H-pyrrole nitrogens is 1. The smallest absolute Gasteiger partial charge is 0.269 e. The summed E-state index contributed by atoms with van der Waals surface area (Å²) in [5, 5.41) is 9.08. The average molecular weight is 392 g/mol. The van der Waals surface area contributed by atoms with Gasteiger partial charge in [0.1, 0.15) is 5.69 Å². The summed E-state index contributed by atoms with van der Waals surface area (Å²) in [7, 11) is 0. The van der Waals surface area contributed by atoms with Crippen molar-refractivity contribution in [3.8, 4) is 0 Å². The van der Waals surface area contributed by atoms with E-state index in [4.69, 9.17) is 5.73 Å². The third-order valence-electron chi connectivity index (χ3n) is 3.10. The van der Waals surface area contributed by atoms with Crippen molar-refractivity contribution in [2.45, 2.75) is 19.3 Å².